The first-order chi connectivity index (χ1) is 15.8. The molecule has 0 aliphatic rings. The van der Waals surface area contributed by atoms with Gasteiger partial charge in [-0.3, -0.25) is 0 Å². The standard InChI is InChI=1S/C24H16F4O5/c1-2-31-23-20(27)18(25)15(19(26)21(23)28)11-32-13-8-9-16-14(10-13)17(24(29)30)22(33-16)12-6-4-3-5-7-12/h3-10H,2,11H2,1H3,(H,29,30)/p-1. The molecule has 9 heteroatoms. The first kappa shape index (κ1) is 22.2. The van der Waals surface area contributed by atoms with E-state index in [0.29, 0.717) is 5.56 Å². The molecule has 0 radical (unpaired) electrons. The van der Waals surface area contributed by atoms with Crippen molar-refractivity contribution in [2.75, 3.05) is 6.61 Å². The highest BCUT2D eigenvalue weighted by Gasteiger charge is 2.27. The Kier molecular flexibility index (Phi) is 5.95. The molecule has 33 heavy (non-hydrogen) atoms. The van der Waals surface area contributed by atoms with Gasteiger partial charge in [0.05, 0.1) is 23.7 Å². The van der Waals surface area contributed by atoms with Crippen LogP contribution in [0.5, 0.6) is 11.5 Å². The Hall–Kier alpha value is -4.01. The zero-order valence-corrected chi connectivity index (χ0v) is 17.1. The van der Waals surface area contributed by atoms with Crippen molar-refractivity contribution in [1.82, 2.24) is 0 Å². The Morgan fingerprint density at radius 1 is 0.939 bits per heavy atom. The zero-order chi connectivity index (χ0) is 23.7. The highest BCUT2D eigenvalue weighted by molar-refractivity contribution is 6.07. The molecule has 0 aliphatic heterocycles. The quantitative estimate of drug-likeness (QED) is 0.287. The van der Waals surface area contributed by atoms with Crippen LogP contribution < -0.4 is 14.6 Å². The lowest BCUT2D eigenvalue weighted by Crippen LogP contribution is -2.22. The fourth-order valence-corrected chi connectivity index (χ4v) is 3.37. The van der Waals surface area contributed by atoms with E-state index in [9.17, 15) is 27.5 Å². The van der Waals surface area contributed by atoms with Crippen LogP contribution in [0.1, 0.15) is 22.8 Å². The molecule has 1 aromatic heterocycles. The smallest absolute Gasteiger partial charge is 0.204 e. The molecular weight excluding hydrogens is 444 g/mol. The first-order valence-electron chi connectivity index (χ1n) is 9.77. The number of fused-ring (bicyclic) bond motifs is 1. The number of hydrogen-bond acceptors (Lipinski definition) is 5. The van der Waals surface area contributed by atoms with Crippen LogP contribution in [0.4, 0.5) is 17.6 Å². The van der Waals surface area contributed by atoms with Gasteiger partial charge in [0.2, 0.25) is 11.6 Å². The minimum Gasteiger partial charge on any atom is -0.545 e. The van der Waals surface area contributed by atoms with Gasteiger partial charge in [-0.25, -0.2) is 8.78 Å². The van der Waals surface area contributed by atoms with E-state index < -0.39 is 47.2 Å². The molecule has 0 atom stereocenters. The third-order valence-corrected chi connectivity index (χ3v) is 4.89. The molecule has 0 fully saturated rings. The molecule has 0 unspecified atom stereocenters. The number of furan rings is 1. The topological polar surface area (TPSA) is 71.7 Å². The van der Waals surface area contributed by atoms with Gasteiger partial charge in [-0.15, -0.1) is 0 Å². The van der Waals surface area contributed by atoms with Crippen molar-refractivity contribution in [3.05, 3.63) is 82.9 Å². The summed E-state index contributed by atoms with van der Waals surface area (Å²) in [6, 6.07) is 12.5. The molecule has 1 heterocycles. The van der Waals surface area contributed by atoms with Crippen LogP contribution in [0.2, 0.25) is 0 Å². The van der Waals surface area contributed by atoms with Gasteiger partial charge in [0.25, 0.3) is 0 Å². The number of rotatable bonds is 7. The third kappa shape index (κ3) is 3.97. The number of benzene rings is 3. The van der Waals surface area contributed by atoms with Crippen LogP contribution in [0.25, 0.3) is 22.3 Å². The highest BCUT2D eigenvalue weighted by Crippen LogP contribution is 2.36. The fraction of sp³-hybridized carbons (Fsp3) is 0.125. The number of carboxylic acids is 1. The molecule has 3 aromatic carbocycles. The Balaban J connectivity index is 1.70. The minimum atomic E-state index is -1.67. The molecule has 0 saturated carbocycles. The number of halogens is 4. The Morgan fingerprint density at radius 3 is 2.21 bits per heavy atom. The van der Waals surface area contributed by atoms with Crippen molar-refractivity contribution in [1.29, 1.82) is 0 Å². The Morgan fingerprint density at radius 2 is 1.61 bits per heavy atom. The number of ether oxygens (including phenoxy) is 2. The molecule has 5 nitrogen and oxygen atoms in total. The van der Waals surface area contributed by atoms with E-state index in [1.807, 2.05) is 0 Å². The summed E-state index contributed by atoms with van der Waals surface area (Å²) in [7, 11) is 0. The SMILES string of the molecule is CCOc1c(F)c(F)c(COc2ccc3oc(-c4ccccc4)c(C(=O)[O-])c3c2)c(F)c1F. The van der Waals surface area contributed by atoms with Crippen LogP contribution >= 0.6 is 0 Å². The van der Waals surface area contributed by atoms with E-state index in [2.05, 4.69) is 4.74 Å². The molecule has 0 amide bonds. The van der Waals surface area contributed by atoms with Gasteiger partial charge in [-0.05, 0) is 25.1 Å². The van der Waals surface area contributed by atoms with E-state index in [-0.39, 0.29) is 34.6 Å². The maximum Gasteiger partial charge on any atom is 0.204 e. The molecule has 0 N–H and O–H groups in total. The number of carbonyl (C=O) groups excluding carboxylic acids is 1. The van der Waals surface area contributed by atoms with Gasteiger partial charge >= 0.3 is 0 Å². The third-order valence-electron chi connectivity index (χ3n) is 4.89. The van der Waals surface area contributed by atoms with Crippen LogP contribution in [-0.4, -0.2) is 12.6 Å². The van der Waals surface area contributed by atoms with Crippen LogP contribution in [0, 0.1) is 23.3 Å². The zero-order valence-electron chi connectivity index (χ0n) is 17.1. The van der Waals surface area contributed by atoms with E-state index in [4.69, 9.17) is 9.15 Å². The summed E-state index contributed by atoms with van der Waals surface area (Å²) < 4.78 is 72.4. The van der Waals surface area contributed by atoms with Gasteiger partial charge in [-0.2, -0.15) is 8.78 Å². The van der Waals surface area contributed by atoms with Gasteiger partial charge in [0, 0.05) is 10.9 Å². The van der Waals surface area contributed by atoms with Crippen LogP contribution in [0.3, 0.4) is 0 Å². The monoisotopic (exact) mass is 459 g/mol. The molecule has 0 bridgehead atoms. The summed E-state index contributed by atoms with van der Waals surface area (Å²) in [6.45, 7) is 0.342. The summed E-state index contributed by atoms with van der Waals surface area (Å²) in [4.78, 5) is 11.8. The lowest BCUT2D eigenvalue weighted by molar-refractivity contribution is -0.254. The van der Waals surface area contributed by atoms with Gasteiger partial charge in [-0.1, -0.05) is 30.3 Å². The van der Waals surface area contributed by atoms with Crippen LogP contribution in [0.15, 0.2) is 52.9 Å². The Bertz CT molecular complexity index is 1320. The van der Waals surface area contributed by atoms with E-state index in [0.717, 1.165) is 0 Å². The second-order valence-electron chi connectivity index (χ2n) is 6.90. The Labute approximate surface area is 184 Å². The van der Waals surface area contributed by atoms with Crippen molar-refractivity contribution >= 4 is 16.9 Å². The van der Waals surface area contributed by atoms with Crippen molar-refractivity contribution in [2.24, 2.45) is 0 Å². The second-order valence-corrected chi connectivity index (χ2v) is 6.90. The summed E-state index contributed by atoms with van der Waals surface area (Å²) >= 11 is 0. The van der Waals surface area contributed by atoms with E-state index in [1.54, 1.807) is 30.3 Å². The summed E-state index contributed by atoms with van der Waals surface area (Å²) in [5.74, 6) is -9.25. The predicted molar refractivity (Wildman–Crippen MR) is 108 cm³/mol. The molecule has 4 rings (SSSR count). The van der Waals surface area contributed by atoms with Crippen molar-refractivity contribution < 1.29 is 41.4 Å². The lowest BCUT2D eigenvalue weighted by atomic mass is 10.1. The summed E-state index contributed by atoms with van der Waals surface area (Å²) in [5.41, 5.74) is -0.515. The average Bonchev–Trinajstić information content (AvgIpc) is 3.20. The number of aromatic carboxylic acids is 1. The second kappa shape index (κ2) is 8.85. The summed E-state index contributed by atoms with van der Waals surface area (Å²) in [5, 5.41) is 11.9. The molecule has 0 aliphatic carbocycles. The maximum absolute atomic E-state index is 14.3. The minimum absolute atomic E-state index is 0.0149. The van der Waals surface area contributed by atoms with E-state index >= 15 is 0 Å². The molecule has 0 saturated heterocycles. The largest absolute Gasteiger partial charge is 0.545 e. The number of carboxylic acid groups (broad SMARTS) is 1. The molecule has 4 aromatic rings. The van der Waals surface area contributed by atoms with Crippen molar-refractivity contribution in [2.45, 2.75) is 13.5 Å². The van der Waals surface area contributed by atoms with Gasteiger partial charge in [0.15, 0.2) is 17.4 Å². The molecular formula is C24H15F4O5-. The summed E-state index contributed by atoms with van der Waals surface area (Å²) in [6.07, 6.45) is 0. The van der Waals surface area contributed by atoms with Gasteiger partial charge < -0.3 is 23.8 Å². The first-order valence-corrected chi connectivity index (χ1v) is 9.77. The maximum atomic E-state index is 14.3. The van der Waals surface area contributed by atoms with Crippen molar-refractivity contribution in [3.8, 4) is 22.8 Å². The molecule has 170 valence electrons. The fourth-order valence-electron chi connectivity index (χ4n) is 3.37. The van der Waals surface area contributed by atoms with Crippen molar-refractivity contribution in [3.63, 3.8) is 0 Å². The number of carbonyl (C=O) groups is 1. The normalized spacial score (nSPS) is 11.1. The molecule has 0 spiro atoms. The highest BCUT2D eigenvalue weighted by atomic mass is 19.2. The number of hydrogen-bond donors (Lipinski definition) is 0. The van der Waals surface area contributed by atoms with E-state index in [1.165, 1.54) is 25.1 Å². The average molecular weight is 459 g/mol. The van der Waals surface area contributed by atoms with Gasteiger partial charge in [0.1, 0.15) is 23.7 Å². The van der Waals surface area contributed by atoms with Crippen LogP contribution in [-0.2, 0) is 6.61 Å². The predicted octanol–water partition coefficient (Wildman–Crippen LogP) is 5.00. The lowest BCUT2D eigenvalue weighted by Gasteiger charge is -2.13.